The zero-order valence-corrected chi connectivity index (χ0v) is 12.6. The number of hydrogen-bond donors (Lipinski definition) is 3. The number of rotatable bonds is 5. The van der Waals surface area contributed by atoms with Gasteiger partial charge in [0.25, 0.3) is 0 Å². The van der Waals surface area contributed by atoms with Crippen LogP contribution in [0.1, 0.15) is 20.3 Å². The molecule has 8 nitrogen and oxygen atoms in total. The maximum Gasteiger partial charge on any atom is 0.318 e. The second kappa shape index (κ2) is 7.82. The van der Waals surface area contributed by atoms with Crippen molar-refractivity contribution in [2.45, 2.75) is 32.4 Å². The molecule has 8 heteroatoms. The molecule has 1 aliphatic rings. The summed E-state index contributed by atoms with van der Waals surface area (Å²) in [5, 5.41) is 14.1. The lowest BCUT2D eigenvalue weighted by molar-refractivity contribution is -0.138. The fraction of sp³-hybridized carbons (Fsp3) is 0.769. The van der Waals surface area contributed by atoms with E-state index in [9.17, 15) is 14.4 Å². The largest absolute Gasteiger partial charge is 0.481 e. The third-order valence-electron chi connectivity index (χ3n) is 3.45. The number of carbonyl (C=O) groups excluding carboxylic acids is 2. The molecule has 0 bridgehead atoms. The van der Waals surface area contributed by atoms with Crippen molar-refractivity contribution in [3.63, 3.8) is 0 Å². The van der Waals surface area contributed by atoms with Crippen LogP contribution in [0.5, 0.6) is 0 Å². The van der Waals surface area contributed by atoms with E-state index in [0.29, 0.717) is 13.2 Å². The first-order valence-corrected chi connectivity index (χ1v) is 6.95. The van der Waals surface area contributed by atoms with E-state index in [0.717, 1.165) is 0 Å². The summed E-state index contributed by atoms with van der Waals surface area (Å²) < 4.78 is 5.23. The molecule has 1 heterocycles. The Hall–Kier alpha value is -1.83. The van der Waals surface area contributed by atoms with Gasteiger partial charge in [0, 0.05) is 19.6 Å². The summed E-state index contributed by atoms with van der Waals surface area (Å²) in [4.78, 5) is 36.3. The number of morpholine rings is 1. The molecule has 2 atom stereocenters. The topological polar surface area (TPSA) is 108 Å². The van der Waals surface area contributed by atoms with Crippen LogP contribution in [0.3, 0.4) is 0 Å². The standard InChI is InChI=1S/C13H23N3O5/c1-8(2)9(6-11(17)18)15-13(20)16-4-5-21-7-10(16)12(19)14-3/h8-10H,4-7H2,1-3H3,(H,14,19)(H,15,20)(H,17,18). The van der Waals surface area contributed by atoms with Crippen LogP contribution >= 0.6 is 0 Å². The molecular formula is C13H23N3O5. The van der Waals surface area contributed by atoms with E-state index >= 15 is 0 Å². The van der Waals surface area contributed by atoms with Crippen molar-refractivity contribution in [2.75, 3.05) is 26.8 Å². The predicted octanol–water partition coefficient (Wildman–Crippen LogP) is -0.358. The first-order valence-electron chi connectivity index (χ1n) is 6.95. The summed E-state index contributed by atoms with van der Waals surface area (Å²) in [7, 11) is 1.49. The molecule has 0 radical (unpaired) electrons. The van der Waals surface area contributed by atoms with E-state index in [1.807, 2.05) is 13.8 Å². The van der Waals surface area contributed by atoms with Crippen LogP contribution in [0.15, 0.2) is 0 Å². The summed E-state index contributed by atoms with van der Waals surface area (Å²) in [6.45, 7) is 4.46. The van der Waals surface area contributed by atoms with Gasteiger partial charge in [0.2, 0.25) is 5.91 Å². The fourth-order valence-electron chi connectivity index (χ4n) is 2.11. The molecule has 0 aromatic heterocycles. The van der Waals surface area contributed by atoms with Crippen molar-refractivity contribution in [3.8, 4) is 0 Å². The fourth-order valence-corrected chi connectivity index (χ4v) is 2.11. The normalized spacial score (nSPS) is 20.0. The summed E-state index contributed by atoms with van der Waals surface area (Å²) in [5.41, 5.74) is 0. The summed E-state index contributed by atoms with van der Waals surface area (Å²) in [6, 6.07) is -1.61. The van der Waals surface area contributed by atoms with Gasteiger partial charge in [-0.15, -0.1) is 0 Å². The number of carbonyl (C=O) groups is 3. The number of carboxylic acid groups (broad SMARTS) is 1. The Kier molecular flexibility index (Phi) is 6.41. The van der Waals surface area contributed by atoms with Crippen molar-refractivity contribution in [1.29, 1.82) is 0 Å². The van der Waals surface area contributed by atoms with Gasteiger partial charge in [0.15, 0.2) is 0 Å². The number of ether oxygens (including phenoxy) is 1. The molecule has 1 aliphatic heterocycles. The number of aliphatic carboxylic acids is 1. The summed E-state index contributed by atoms with van der Waals surface area (Å²) >= 11 is 0. The highest BCUT2D eigenvalue weighted by molar-refractivity contribution is 5.87. The third kappa shape index (κ3) is 4.89. The second-order valence-corrected chi connectivity index (χ2v) is 5.30. The molecular weight excluding hydrogens is 278 g/mol. The minimum atomic E-state index is -0.973. The van der Waals surface area contributed by atoms with Gasteiger partial charge in [-0.1, -0.05) is 13.8 Å². The highest BCUT2D eigenvalue weighted by Gasteiger charge is 2.33. The number of likely N-dealkylation sites (N-methyl/N-ethyl adjacent to an activating group) is 1. The zero-order valence-electron chi connectivity index (χ0n) is 12.6. The Bertz CT molecular complexity index is 399. The maximum atomic E-state index is 12.3. The van der Waals surface area contributed by atoms with Gasteiger partial charge >= 0.3 is 12.0 Å². The maximum absolute atomic E-state index is 12.3. The van der Waals surface area contributed by atoms with Gasteiger partial charge in [-0.25, -0.2) is 4.79 Å². The average molecular weight is 301 g/mol. The molecule has 3 N–H and O–H groups in total. The average Bonchev–Trinajstić information content (AvgIpc) is 2.45. The Morgan fingerprint density at radius 1 is 1.38 bits per heavy atom. The van der Waals surface area contributed by atoms with E-state index in [4.69, 9.17) is 9.84 Å². The van der Waals surface area contributed by atoms with Crippen LogP contribution in [-0.4, -0.2) is 66.8 Å². The Morgan fingerprint density at radius 3 is 2.57 bits per heavy atom. The first-order chi connectivity index (χ1) is 9.86. The second-order valence-electron chi connectivity index (χ2n) is 5.30. The lowest BCUT2D eigenvalue weighted by atomic mass is 10.0. The van der Waals surface area contributed by atoms with Gasteiger partial charge in [0.1, 0.15) is 6.04 Å². The van der Waals surface area contributed by atoms with Gasteiger partial charge in [-0.3, -0.25) is 9.59 Å². The molecule has 0 aliphatic carbocycles. The SMILES string of the molecule is CNC(=O)C1COCCN1C(=O)NC(CC(=O)O)C(C)C. The molecule has 0 spiro atoms. The quantitative estimate of drug-likeness (QED) is 0.643. The smallest absolute Gasteiger partial charge is 0.318 e. The molecule has 21 heavy (non-hydrogen) atoms. The van der Waals surface area contributed by atoms with Gasteiger partial charge in [-0.05, 0) is 5.92 Å². The number of nitrogens with one attached hydrogen (secondary N) is 2. The minimum Gasteiger partial charge on any atom is -0.481 e. The van der Waals surface area contributed by atoms with Crippen LogP contribution in [0, 0.1) is 5.92 Å². The van der Waals surface area contributed by atoms with Gasteiger partial charge in [-0.2, -0.15) is 0 Å². The van der Waals surface area contributed by atoms with E-state index in [-0.39, 0.29) is 24.9 Å². The molecule has 1 rings (SSSR count). The molecule has 0 aromatic carbocycles. The van der Waals surface area contributed by atoms with E-state index in [1.165, 1.54) is 11.9 Å². The Balaban J connectivity index is 2.74. The number of amides is 3. The Morgan fingerprint density at radius 2 is 2.05 bits per heavy atom. The summed E-state index contributed by atoms with van der Waals surface area (Å²) in [5.74, 6) is -1.30. The van der Waals surface area contributed by atoms with Crippen molar-refractivity contribution in [1.82, 2.24) is 15.5 Å². The number of carboxylic acids is 1. The first kappa shape index (κ1) is 17.2. The molecule has 1 saturated heterocycles. The molecule has 0 aromatic rings. The lowest BCUT2D eigenvalue weighted by Crippen LogP contribution is -2.59. The van der Waals surface area contributed by atoms with Crippen LogP contribution in [0.2, 0.25) is 0 Å². The van der Waals surface area contributed by atoms with Gasteiger partial charge in [0.05, 0.1) is 19.6 Å². The predicted molar refractivity (Wildman–Crippen MR) is 74.8 cm³/mol. The van der Waals surface area contributed by atoms with Crippen LogP contribution in [-0.2, 0) is 14.3 Å². The van der Waals surface area contributed by atoms with E-state index in [1.54, 1.807) is 0 Å². The molecule has 0 saturated carbocycles. The molecule has 2 unspecified atom stereocenters. The van der Waals surface area contributed by atoms with Crippen LogP contribution in [0.25, 0.3) is 0 Å². The van der Waals surface area contributed by atoms with Crippen molar-refractivity contribution in [3.05, 3.63) is 0 Å². The monoisotopic (exact) mass is 301 g/mol. The Labute approximate surface area is 123 Å². The van der Waals surface area contributed by atoms with E-state index < -0.39 is 24.1 Å². The molecule has 1 fully saturated rings. The third-order valence-corrected chi connectivity index (χ3v) is 3.45. The minimum absolute atomic E-state index is 0.0236. The number of nitrogens with zero attached hydrogens (tertiary/aromatic N) is 1. The number of hydrogen-bond acceptors (Lipinski definition) is 4. The highest BCUT2D eigenvalue weighted by Crippen LogP contribution is 2.11. The van der Waals surface area contributed by atoms with Crippen LogP contribution in [0.4, 0.5) is 4.79 Å². The van der Waals surface area contributed by atoms with Crippen molar-refractivity contribution < 1.29 is 24.2 Å². The van der Waals surface area contributed by atoms with Crippen molar-refractivity contribution >= 4 is 17.9 Å². The molecule has 120 valence electrons. The lowest BCUT2D eigenvalue weighted by Gasteiger charge is -2.35. The van der Waals surface area contributed by atoms with E-state index in [2.05, 4.69) is 10.6 Å². The number of urea groups is 1. The highest BCUT2D eigenvalue weighted by atomic mass is 16.5. The zero-order chi connectivity index (χ0) is 16.0. The van der Waals surface area contributed by atoms with Crippen LogP contribution < -0.4 is 10.6 Å². The van der Waals surface area contributed by atoms with Crippen molar-refractivity contribution in [2.24, 2.45) is 5.92 Å². The molecule has 3 amide bonds. The van der Waals surface area contributed by atoms with Gasteiger partial charge < -0.3 is 25.4 Å². The summed E-state index contributed by atoms with van der Waals surface area (Å²) in [6.07, 6.45) is -0.154.